The molecule has 1 aromatic carbocycles. The minimum atomic E-state index is 0.522. The lowest BCUT2D eigenvalue weighted by Crippen LogP contribution is -2.39. The van der Waals surface area contributed by atoms with Crippen molar-refractivity contribution in [1.82, 2.24) is 14.5 Å². The van der Waals surface area contributed by atoms with Crippen molar-refractivity contribution in [3.8, 4) is 0 Å². The summed E-state index contributed by atoms with van der Waals surface area (Å²) in [5, 5.41) is 5.11. The first-order valence-corrected chi connectivity index (χ1v) is 10.4. The van der Waals surface area contributed by atoms with Gasteiger partial charge in [0.25, 0.3) is 0 Å². The van der Waals surface area contributed by atoms with Crippen molar-refractivity contribution in [3.05, 3.63) is 59.1 Å². The summed E-state index contributed by atoms with van der Waals surface area (Å²) in [6.07, 6.45) is 14.7. The molecule has 4 nitrogen and oxygen atoms in total. The smallest absolute Gasteiger partial charge is 0.173 e. The highest BCUT2D eigenvalue weighted by atomic mass is 35.5. The van der Waals surface area contributed by atoms with Gasteiger partial charge in [0.1, 0.15) is 0 Å². The molecule has 7 heteroatoms. The van der Waals surface area contributed by atoms with Gasteiger partial charge >= 0.3 is 0 Å². The van der Waals surface area contributed by atoms with Crippen molar-refractivity contribution in [2.24, 2.45) is 5.92 Å². The second kappa shape index (κ2) is 10.1. The van der Waals surface area contributed by atoms with Crippen LogP contribution in [0.4, 0.5) is 5.69 Å². The predicted octanol–water partition coefficient (Wildman–Crippen LogP) is 5.64. The lowest BCUT2D eigenvalue weighted by Gasteiger charge is -2.31. The molecule has 1 N–H and O–H groups in total. The number of hydrogen-bond donors (Lipinski definition) is 1. The number of nitrogens with zero attached hydrogens (tertiary/aromatic N) is 3. The van der Waals surface area contributed by atoms with Crippen molar-refractivity contribution in [3.63, 3.8) is 0 Å². The fourth-order valence-corrected chi connectivity index (χ4v) is 3.83. The summed E-state index contributed by atoms with van der Waals surface area (Å²) in [5.74, 6) is 0.636. The third-order valence-corrected chi connectivity index (χ3v) is 5.82. The molecule has 0 bridgehead atoms. The van der Waals surface area contributed by atoms with Crippen LogP contribution in [0, 0.1) is 5.92 Å². The third kappa shape index (κ3) is 6.23. The molecule has 1 aliphatic rings. The van der Waals surface area contributed by atoms with Crippen LogP contribution in [-0.4, -0.2) is 32.7 Å². The van der Waals surface area contributed by atoms with Crippen molar-refractivity contribution in [2.45, 2.75) is 32.2 Å². The van der Waals surface area contributed by atoms with Gasteiger partial charge in [-0.3, -0.25) is 0 Å². The summed E-state index contributed by atoms with van der Waals surface area (Å²) in [7, 11) is 0. The Labute approximate surface area is 176 Å². The van der Waals surface area contributed by atoms with E-state index in [9.17, 15) is 0 Å². The van der Waals surface area contributed by atoms with Crippen LogP contribution in [-0.2, 0) is 6.54 Å². The molecule has 1 aliphatic carbocycles. The molecule has 27 heavy (non-hydrogen) atoms. The highest BCUT2D eigenvalue weighted by Gasteiger charge is 2.17. The van der Waals surface area contributed by atoms with Crippen LogP contribution in [0.5, 0.6) is 0 Å². The van der Waals surface area contributed by atoms with E-state index in [-0.39, 0.29) is 0 Å². The van der Waals surface area contributed by atoms with Gasteiger partial charge in [0.05, 0.1) is 16.4 Å². The minimum absolute atomic E-state index is 0.522. The van der Waals surface area contributed by atoms with Gasteiger partial charge in [-0.1, -0.05) is 35.4 Å². The van der Waals surface area contributed by atoms with E-state index in [1.165, 1.54) is 6.42 Å². The van der Waals surface area contributed by atoms with E-state index in [1.807, 2.05) is 30.9 Å². The first kappa shape index (κ1) is 20.2. The molecular weight excluding hydrogens is 399 g/mol. The number of nitrogens with one attached hydrogen (secondary N) is 1. The van der Waals surface area contributed by atoms with Gasteiger partial charge in [-0.05, 0) is 62.0 Å². The van der Waals surface area contributed by atoms with Crippen molar-refractivity contribution < 1.29 is 0 Å². The fourth-order valence-electron chi connectivity index (χ4n) is 3.25. The van der Waals surface area contributed by atoms with Crippen LogP contribution in [0.2, 0.25) is 10.0 Å². The Balaban J connectivity index is 1.61. The molecule has 1 aromatic heterocycles. The summed E-state index contributed by atoms with van der Waals surface area (Å²) in [5.41, 5.74) is 0.859. The highest BCUT2D eigenvalue weighted by molar-refractivity contribution is 7.80. The van der Waals surface area contributed by atoms with E-state index in [0.717, 1.165) is 49.7 Å². The molecule has 0 aliphatic heterocycles. The molecule has 0 amide bonds. The van der Waals surface area contributed by atoms with Gasteiger partial charge in [-0.2, -0.15) is 0 Å². The normalized spacial score (nSPS) is 16.3. The van der Waals surface area contributed by atoms with Crippen molar-refractivity contribution in [2.75, 3.05) is 18.4 Å². The SMILES string of the molecule is S=C(Nc1ccc(Cl)c(Cl)c1)N(CCCn1ccnc1)CC1CC=CCC1. The molecule has 0 fully saturated rings. The summed E-state index contributed by atoms with van der Waals surface area (Å²) in [6.45, 7) is 2.78. The number of hydrogen-bond acceptors (Lipinski definition) is 2. The van der Waals surface area contributed by atoms with Gasteiger partial charge in [-0.15, -0.1) is 0 Å². The zero-order valence-corrected chi connectivity index (χ0v) is 17.5. The Kier molecular flexibility index (Phi) is 7.56. The number of aryl methyl sites for hydroxylation is 1. The number of allylic oxidation sites excluding steroid dienone is 2. The molecule has 0 spiro atoms. The monoisotopic (exact) mass is 422 g/mol. The molecule has 0 saturated carbocycles. The Morgan fingerprint density at radius 3 is 2.89 bits per heavy atom. The number of thiocarbonyl (C=S) groups is 1. The molecule has 0 saturated heterocycles. The minimum Gasteiger partial charge on any atom is -0.349 e. The first-order chi connectivity index (χ1) is 13.1. The predicted molar refractivity (Wildman–Crippen MR) is 118 cm³/mol. The first-order valence-electron chi connectivity index (χ1n) is 9.23. The molecular formula is C20H24Cl2N4S. The number of imidazole rings is 1. The van der Waals surface area contributed by atoms with Crippen LogP contribution in [0.1, 0.15) is 25.7 Å². The van der Waals surface area contributed by atoms with Crippen LogP contribution in [0.25, 0.3) is 0 Å². The highest BCUT2D eigenvalue weighted by Crippen LogP contribution is 2.25. The van der Waals surface area contributed by atoms with Gasteiger partial charge in [0.2, 0.25) is 0 Å². The van der Waals surface area contributed by atoms with E-state index in [2.05, 4.69) is 31.9 Å². The van der Waals surface area contributed by atoms with Crippen LogP contribution < -0.4 is 5.32 Å². The maximum absolute atomic E-state index is 6.13. The number of rotatable bonds is 7. The molecule has 1 heterocycles. The van der Waals surface area contributed by atoms with E-state index < -0.39 is 0 Å². The molecule has 0 radical (unpaired) electrons. The van der Waals surface area contributed by atoms with Crippen molar-refractivity contribution >= 4 is 46.2 Å². The van der Waals surface area contributed by atoms with Gasteiger partial charge in [0, 0.05) is 37.7 Å². The number of anilines is 1. The maximum Gasteiger partial charge on any atom is 0.173 e. The zero-order chi connectivity index (χ0) is 19.1. The van der Waals surface area contributed by atoms with Crippen molar-refractivity contribution in [1.29, 1.82) is 0 Å². The van der Waals surface area contributed by atoms with Gasteiger partial charge in [0.15, 0.2) is 5.11 Å². The molecule has 3 rings (SSSR count). The Hall–Kier alpha value is -1.56. The Bertz CT molecular complexity index is 776. The standard InChI is InChI=1S/C20H24Cl2N4S/c21-18-8-7-17(13-19(18)22)24-20(27)26(14-16-5-2-1-3-6-16)11-4-10-25-12-9-23-15-25/h1-2,7-9,12-13,15-16H,3-6,10-11,14H2,(H,24,27). The van der Waals surface area contributed by atoms with Crippen LogP contribution >= 0.6 is 35.4 Å². The van der Waals surface area contributed by atoms with E-state index >= 15 is 0 Å². The average Bonchev–Trinajstić information content (AvgIpc) is 3.18. The second-order valence-corrected chi connectivity index (χ2v) is 8.01. The number of halogens is 2. The average molecular weight is 423 g/mol. The fraction of sp³-hybridized carbons (Fsp3) is 0.400. The van der Waals surface area contributed by atoms with Crippen LogP contribution in [0.3, 0.4) is 0 Å². The summed E-state index contributed by atoms with van der Waals surface area (Å²) in [4.78, 5) is 6.38. The van der Waals surface area contributed by atoms with E-state index in [1.54, 1.807) is 6.07 Å². The lowest BCUT2D eigenvalue weighted by molar-refractivity contribution is 0.316. The van der Waals surface area contributed by atoms with E-state index in [4.69, 9.17) is 35.4 Å². The second-order valence-electron chi connectivity index (χ2n) is 6.81. The van der Waals surface area contributed by atoms with Gasteiger partial charge < -0.3 is 14.8 Å². The molecule has 1 atom stereocenters. The molecule has 2 aromatic rings. The van der Waals surface area contributed by atoms with Gasteiger partial charge in [-0.25, -0.2) is 4.98 Å². The third-order valence-electron chi connectivity index (χ3n) is 4.72. The summed E-state index contributed by atoms with van der Waals surface area (Å²) < 4.78 is 2.09. The zero-order valence-electron chi connectivity index (χ0n) is 15.2. The number of benzene rings is 1. The Morgan fingerprint density at radius 2 is 2.19 bits per heavy atom. The topological polar surface area (TPSA) is 33.1 Å². The Morgan fingerprint density at radius 1 is 1.30 bits per heavy atom. The summed E-state index contributed by atoms with van der Waals surface area (Å²) in [6, 6.07) is 5.49. The quantitative estimate of drug-likeness (QED) is 0.462. The molecule has 1 unspecified atom stereocenters. The van der Waals surface area contributed by atoms with E-state index in [0.29, 0.717) is 16.0 Å². The lowest BCUT2D eigenvalue weighted by atomic mass is 9.94. The largest absolute Gasteiger partial charge is 0.349 e. The molecule has 144 valence electrons. The number of aromatic nitrogens is 2. The maximum atomic E-state index is 6.13. The van der Waals surface area contributed by atoms with Crippen LogP contribution in [0.15, 0.2) is 49.1 Å². The summed E-state index contributed by atoms with van der Waals surface area (Å²) >= 11 is 17.9.